The lowest BCUT2D eigenvalue weighted by atomic mass is 9.51. The molecule has 0 aliphatic heterocycles. The zero-order valence-corrected chi connectivity index (χ0v) is 9.29. The summed E-state index contributed by atoms with van der Waals surface area (Å²) in [4.78, 5) is 2.38. The minimum Gasteiger partial charge on any atom is -0.390 e. The Kier molecular flexibility index (Phi) is 1.66. The first-order chi connectivity index (χ1) is 6.51. The average Bonchev–Trinajstić information content (AvgIpc) is 1.98. The molecular formula is C12H21NO. The van der Waals surface area contributed by atoms with Crippen molar-refractivity contribution in [3.05, 3.63) is 0 Å². The standard InChI is InChI=1S/C12H21NO/c1-13(2)11-4-9-3-10(5-11)7-12(14,6-9)8-11/h9-10,14H,3-8H2,1-2H3/t9-,10-,11?,12?/m0/s1. The molecule has 4 aliphatic carbocycles. The van der Waals surface area contributed by atoms with Crippen LogP contribution >= 0.6 is 0 Å². The van der Waals surface area contributed by atoms with E-state index in [1.807, 2.05) is 0 Å². The number of aliphatic hydroxyl groups is 1. The Morgan fingerprint density at radius 2 is 1.64 bits per heavy atom. The molecular weight excluding hydrogens is 174 g/mol. The molecule has 0 saturated heterocycles. The highest BCUT2D eigenvalue weighted by molar-refractivity contribution is 5.12. The second-order valence-corrected chi connectivity index (χ2v) is 6.30. The Balaban J connectivity index is 1.96. The molecule has 1 N–H and O–H groups in total. The number of nitrogens with zero attached hydrogens (tertiary/aromatic N) is 1. The van der Waals surface area contributed by atoms with Crippen molar-refractivity contribution in [2.24, 2.45) is 11.8 Å². The Bertz CT molecular complexity index is 247. The van der Waals surface area contributed by atoms with Gasteiger partial charge < -0.3 is 10.0 Å². The molecule has 0 amide bonds. The molecule has 0 aromatic rings. The third-order valence-electron chi connectivity index (χ3n) is 4.95. The summed E-state index contributed by atoms with van der Waals surface area (Å²) in [7, 11) is 4.38. The van der Waals surface area contributed by atoms with E-state index in [1.165, 1.54) is 19.3 Å². The number of hydrogen-bond acceptors (Lipinski definition) is 2. The molecule has 0 spiro atoms. The van der Waals surface area contributed by atoms with Gasteiger partial charge in [0.25, 0.3) is 0 Å². The topological polar surface area (TPSA) is 23.5 Å². The summed E-state index contributed by atoms with van der Waals surface area (Å²) in [6.45, 7) is 0. The van der Waals surface area contributed by atoms with Gasteiger partial charge in [-0.15, -0.1) is 0 Å². The highest BCUT2D eigenvalue weighted by Gasteiger charge is 2.57. The minimum atomic E-state index is -0.297. The SMILES string of the molecule is CN(C)C12C[C@@H]3C[C@H](CC(O)(C3)C1)C2. The van der Waals surface area contributed by atoms with Gasteiger partial charge in [0.2, 0.25) is 0 Å². The molecule has 4 saturated carbocycles. The van der Waals surface area contributed by atoms with Crippen molar-refractivity contribution in [2.75, 3.05) is 14.1 Å². The van der Waals surface area contributed by atoms with E-state index >= 15 is 0 Å². The summed E-state index contributed by atoms with van der Waals surface area (Å²) in [5.74, 6) is 1.62. The monoisotopic (exact) mass is 195 g/mol. The van der Waals surface area contributed by atoms with Gasteiger partial charge in [-0.05, 0) is 64.5 Å². The Morgan fingerprint density at radius 1 is 1.07 bits per heavy atom. The average molecular weight is 195 g/mol. The second kappa shape index (κ2) is 2.53. The molecule has 14 heavy (non-hydrogen) atoms. The highest BCUT2D eigenvalue weighted by atomic mass is 16.3. The van der Waals surface area contributed by atoms with Gasteiger partial charge in [0, 0.05) is 5.54 Å². The van der Waals surface area contributed by atoms with E-state index in [0.717, 1.165) is 31.1 Å². The molecule has 0 unspecified atom stereocenters. The minimum absolute atomic E-state index is 0.297. The largest absolute Gasteiger partial charge is 0.390 e. The third kappa shape index (κ3) is 1.10. The fraction of sp³-hybridized carbons (Fsp3) is 1.00. The van der Waals surface area contributed by atoms with Crippen molar-refractivity contribution in [3.63, 3.8) is 0 Å². The van der Waals surface area contributed by atoms with E-state index in [0.29, 0.717) is 5.54 Å². The summed E-state index contributed by atoms with van der Waals surface area (Å²) in [6, 6.07) is 0. The lowest BCUT2D eigenvalue weighted by Gasteiger charge is -2.62. The molecule has 0 radical (unpaired) electrons. The molecule has 4 fully saturated rings. The maximum atomic E-state index is 10.5. The van der Waals surface area contributed by atoms with E-state index in [1.54, 1.807) is 0 Å². The molecule has 0 aromatic heterocycles. The van der Waals surface area contributed by atoms with Crippen molar-refractivity contribution in [1.82, 2.24) is 4.90 Å². The van der Waals surface area contributed by atoms with Crippen LogP contribution in [0.25, 0.3) is 0 Å². The molecule has 0 aromatic carbocycles. The van der Waals surface area contributed by atoms with Crippen LogP contribution in [0.5, 0.6) is 0 Å². The van der Waals surface area contributed by atoms with E-state index < -0.39 is 0 Å². The number of rotatable bonds is 1. The highest BCUT2D eigenvalue weighted by Crippen LogP contribution is 2.58. The molecule has 4 bridgehead atoms. The normalized spacial score (nSPS) is 55.7. The lowest BCUT2D eigenvalue weighted by molar-refractivity contribution is -0.167. The zero-order valence-electron chi connectivity index (χ0n) is 9.29. The first-order valence-corrected chi connectivity index (χ1v) is 5.91. The Morgan fingerprint density at radius 3 is 2.07 bits per heavy atom. The first kappa shape index (κ1) is 9.17. The van der Waals surface area contributed by atoms with Gasteiger partial charge in [-0.1, -0.05) is 0 Å². The summed E-state index contributed by atoms with van der Waals surface area (Å²) < 4.78 is 0. The Hall–Kier alpha value is -0.0800. The van der Waals surface area contributed by atoms with Crippen LogP contribution in [0.4, 0.5) is 0 Å². The first-order valence-electron chi connectivity index (χ1n) is 5.91. The van der Waals surface area contributed by atoms with Crippen molar-refractivity contribution < 1.29 is 5.11 Å². The van der Waals surface area contributed by atoms with Crippen LogP contribution in [-0.4, -0.2) is 35.2 Å². The van der Waals surface area contributed by atoms with Crippen LogP contribution in [0.15, 0.2) is 0 Å². The predicted molar refractivity (Wildman–Crippen MR) is 56.0 cm³/mol. The molecule has 4 aliphatic rings. The van der Waals surface area contributed by atoms with Gasteiger partial charge in [0.15, 0.2) is 0 Å². The van der Waals surface area contributed by atoms with E-state index in [9.17, 15) is 5.11 Å². The summed E-state index contributed by atoms with van der Waals surface area (Å²) >= 11 is 0. The van der Waals surface area contributed by atoms with Gasteiger partial charge >= 0.3 is 0 Å². The molecule has 2 atom stereocenters. The lowest BCUT2D eigenvalue weighted by Crippen LogP contribution is -2.63. The molecule has 2 heteroatoms. The van der Waals surface area contributed by atoms with Crippen molar-refractivity contribution in [1.29, 1.82) is 0 Å². The number of hydrogen-bond donors (Lipinski definition) is 1. The van der Waals surface area contributed by atoms with Gasteiger partial charge in [-0.3, -0.25) is 0 Å². The van der Waals surface area contributed by atoms with Crippen molar-refractivity contribution in [3.8, 4) is 0 Å². The van der Waals surface area contributed by atoms with Gasteiger partial charge in [0.05, 0.1) is 5.60 Å². The van der Waals surface area contributed by atoms with Gasteiger partial charge in [0.1, 0.15) is 0 Å². The van der Waals surface area contributed by atoms with Crippen molar-refractivity contribution in [2.45, 2.75) is 49.7 Å². The molecule has 0 heterocycles. The molecule has 4 rings (SSSR count). The molecule has 2 nitrogen and oxygen atoms in total. The van der Waals surface area contributed by atoms with Crippen LogP contribution < -0.4 is 0 Å². The van der Waals surface area contributed by atoms with Crippen LogP contribution in [0, 0.1) is 11.8 Å². The van der Waals surface area contributed by atoms with Crippen LogP contribution in [-0.2, 0) is 0 Å². The van der Waals surface area contributed by atoms with Gasteiger partial charge in [-0.2, -0.15) is 0 Å². The van der Waals surface area contributed by atoms with Gasteiger partial charge in [-0.25, -0.2) is 0 Å². The summed E-state index contributed by atoms with van der Waals surface area (Å²) in [6.07, 6.45) is 7.24. The second-order valence-electron chi connectivity index (χ2n) is 6.30. The maximum Gasteiger partial charge on any atom is 0.0670 e. The van der Waals surface area contributed by atoms with Crippen LogP contribution in [0.3, 0.4) is 0 Å². The van der Waals surface area contributed by atoms with Crippen molar-refractivity contribution >= 4 is 0 Å². The quantitative estimate of drug-likeness (QED) is 0.687. The maximum absolute atomic E-state index is 10.5. The zero-order chi connectivity index (χ0) is 9.97. The fourth-order valence-electron chi connectivity index (χ4n) is 4.69. The summed E-state index contributed by atoms with van der Waals surface area (Å²) in [5, 5.41) is 10.5. The Labute approximate surface area is 86.3 Å². The van der Waals surface area contributed by atoms with E-state index in [4.69, 9.17) is 0 Å². The fourth-order valence-corrected chi connectivity index (χ4v) is 4.69. The molecule has 80 valence electrons. The van der Waals surface area contributed by atoms with E-state index in [2.05, 4.69) is 19.0 Å². The van der Waals surface area contributed by atoms with E-state index in [-0.39, 0.29) is 5.60 Å². The van der Waals surface area contributed by atoms with Crippen LogP contribution in [0.1, 0.15) is 38.5 Å². The predicted octanol–water partition coefficient (Wildman–Crippen LogP) is 1.63. The summed E-state index contributed by atoms with van der Waals surface area (Å²) in [5.41, 5.74) is 0.0488. The van der Waals surface area contributed by atoms with Crippen LogP contribution in [0.2, 0.25) is 0 Å². The smallest absolute Gasteiger partial charge is 0.0670 e. The third-order valence-corrected chi connectivity index (χ3v) is 4.95.